The zero-order chi connectivity index (χ0) is 15.7. The summed E-state index contributed by atoms with van der Waals surface area (Å²) in [6, 6.07) is 6.68. The van der Waals surface area contributed by atoms with E-state index in [2.05, 4.69) is 5.32 Å². The number of rotatable bonds is 8. The predicted octanol–water partition coefficient (Wildman–Crippen LogP) is 2.86. The largest absolute Gasteiger partial charge is 0.462 e. The quantitative estimate of drug-likeness (QED) is 0.749. The predicted molar refractivity (Wildman–Crippen MR) is 81.3 cm³/mol. The molecule has 116 valence electrons. The highest BCUT2D eigenvalue weighted by molar-refractivity contribution is 5.93. The molecular weight excluding hydrogens is 270 g/mol. The van der Waals surface area contributed by atoms with Gasteiger partial charge in [-0.05, 0) is 36.6 Å². The molecule has 1 amide bonds. The van der Waals surface area contributed by atoms with Gasteiger partial charge < -0.3 is 14.8 Å². The molecule has 1 unspecified atom stereocenters. The number of hydrogen-bond acceptors (Lipinski definition) is 4. The molecule has 1 atom stereocenters. The number of benzene rings is 1. The van der Waals surface area contributed by atoms with Crippen LogP contribution in [0.5, 0.6) is 0 Å². The molecule has 0 radical (unpaired) electrons. The van der Waals surface area contributed by atoms with E-state index in [0.717, 1.165) is 6.42 Å². The van der Waals surface area contributed by atoms with Gasteiger partial charge in [0.05, 0.1) is 12.2 Å². The first-order valence-electron chi connectivity index (χ1n) is 7.12. The van der Waals surface area contributed by atoms with E-state index in [0.29, 0.717) is 30.9 Å². The van der Waals surface area contributed by atoms with Crippen LogP contribution >= 0.6 is 0 Å². The molecule has 1 rings (SSSR count). The molecule has 0 aliphatic heterocycles. The van der Waals surface area contributed by atoms with E-state index in [4.69, 9.17) is 9.47 Å². The Morgan fingerprint density at radius 1 is 1.24 bits per heavy atom. The number of esters is 1. The molecule has 5 heteroatoms. The van der Waals surface area contributed by atoms with E-state index in [9.17, 15) is 9.59 Å². The third kappa shape index (κ3) is 6.40. The highest BCUT2D eigenvalue weighted by Gasteiger charge is 2.10. The van der Waals surface area contributed by atoms with Crippen molar-refractivity contribution in [1.82, 2.24) is 0 Å². The molecule has 0 heterocycles. The second-order valence-corrected chi connectivity index (χ2v) is 5.03. The number of hydrogen-bond donors (Lipinski definition) is 1. The van der Waals surface area contributed by atoms with E-state index in [1.54, 1.807) is 31.4 Å². The van der Waals surface area contributed by atoms with Crippen molar-refractivity contribution in [2.75, 3.05) is 25.6 Å². The van der Waals surface area contributed by atoms with Gasteiger partial charge in [-0.25, -0.2) is 4.79 Å². The zero-order valence-corrected chi connectivity index (χ0v) is 12.8. The number of anilines is 1. The third-order valence-corrected chi connectivity index (χ3v) is 2.83. The number of ether oxygens (including phenoxy) is 2. The molecule has 0 bridgehead atoms. The molecule has 1 aromatic carbocycles. The maximum absolute atomic E-state index is 11.8. The van der Waals surface area contributed by atoms with Crippen molar-refractivity contribution in [3.05, 3.63) is 29.8 Å². The fourth-order valence-electron chi connectivity index (χ4n) is 1.84. The Morgan fingerprint density at radius 3 is 2.48 bits per heavy atom. The number of carbonyl (C=O) groups is 2. The zero-order valence-electron chi connectivity index (χ0n) is 12.8. The van der Waals surface area contributed by atoms with E-state index < -0.39 is 0 Å². The van der Waals surface area contributed by atoms with E-state index in [1.807, 2.05) is 13.8 Å². The van der Waals surface area contributed by atoms with Crippen molar-refractivity contribution >= 4 is 17.6 Å². The molecule has 0 fully saturated rings. The lowest BCUT2D eigenvalue weighted by Gasteiger charge is -2.10. The molecule has 0 aliphatic rings. The molecule has 0 spiro atoms. The van der Waals surface area contributed by atoms with Crippen LogP contribution in [0.15, 0.2) is 24.3 Å². The lowest BCUT2D eigenvalue weighted by atomic mass is 10.1. The minimum absolute atomic E-state index is 0.0686. The second kappa shape index (κ2) is 9.13. The number of carbonyl (C=O) groups excluding carboxylic acids is 2. The van der Waals surface area contributed by atoms with Gasteiger partial charge in [-0.1, -0.05) is 13.8 Å². The molecule has 0 aliphatic carbocycles. The fraction of sp³-hybridized carbons (Fsp3) is 0.500. The monoisotopic (exact) mass is 293 g/mol. The van der Waals surface area contributed by atoms with Crippen LogP contribution in [0.1, 0.15) is 37.0 Å². The maximum Gasteiger partial charge on any atom is 0.338 e. The van der Waals surface area contributed by atoms with Gasteiger partial charge in [-0.15, -0.1) is 0 Å². The summed E-state index contributed by atoms with van der Waals surface area (Å²) < 4.78 is 10.0. The highest BCUT2D eigenvalue weighted by atomic mass is 16.5. The maximum atomic E-state index is 11.8. The summed E-state index contributed by atoms with van der Waals surface area (Å²) in [7, 11) is 1.62. The average Bonchev–Trinajstić information content (AvgIpc) is 2.45. The number of methoxy groups -OCH3 is 1. The van der Waals surface area contributed by atoms with Crippen LogP contribution in [0.3, 0.4) is 0 Å². The molecule has 1 aromatic rings. The summed E-state index contributed by atoms with van der Waals surface area (Å²) in [5, 5.41) is 2.79. The first kappa shape index (κ1) is 17.2. The van der Waals surface area contributed by atoms with E-state index in [-0.39, 0.29) is 17.8 Å². The molecule has 5 nitrogen and oxygen atoms in total. The van der Waals surface area contributed by atoms with E-state index in [1.165, 1.54) is 0 Å². The lowest BCUT2D eigenvalue weighted by Crippen LogP contribution is -2.17. The first-order chi connectivity index (χ1) is 10.1. The minimum Gasteiger partial charge on any atom is -0.462 e. The highest BCUT2D eigenvalue weighted by Crippen LogP contribution is 2.12. The fourth-order valence-corrected chi connectivity index (χ4v) is 1.84. The van der Waals surface area contributed by atoms with Gasteiger partial charge in [0.15, 0.2) is 0 Å². The molecule has 0 saturated heterocycles. The van der Waals surface area contributed by atoms with Gasteiger partial charge in [-0.3, -0.25) is 4.79 Å². The molecule has 0 saturated carbocycles. The lowest BCUT2D eigenvalue weighted by molar-refractivity contribution is -0.117. The van der Waals surface area contributed by atoms with E-state index >= 15 is 0 Å². The van der Waals surface area contributed by atoms with Gasteiger partial charge in [0, 0.05) is 25.8 Å². The van der Waals surface area contributed by atoms with Crippen LogP contribution in [0.25, 0.3) is 0 Å². The topological polar surface area (TPSA) is 64.6 Å². The van der Waals surface area contributed by atoms with Gasteiger partial charge in [-0.2, -0.15) is 0 Å². The first-order valence-corrected chi connectivity index (χ1v) is 7.12. The summed E-state index contributed by atoms with van der Waals surface area (Å²) in [5.74, 6) is -0.248. The van der Waals surface area contributed by atoms with Crippen LogP contribution in [-0.2, 0) is 14.3 Å². The molecular formula is C16H23NO4. The Balaban J connectivity index is 2.50. The SMILES string of the molecule is CCCOC(=O)c1ccc(NC(=O)CC(C)COC)cc1. The molecule has 1 N–H and O–H groups in total. The Kier molecular flexibility index (Phi) is 7.46. The second-order valence-electron chi connectivity index (χ2n) is 5.03. The van der Waals surface area contributed by atoms with Crippen molar-refractivity contribution in [3.63, 3.8) is 0 Å². The average molecular weight is 293 g/mol. The molecule has 21 heavy (non-hydrogen) atoms. The molecule has 0 aromatic heterocycles. The Labute approximate surface area is 125 Å². The van der Waals surface area contributed by atoms with Gasteiger partial charge >= 0.3 is 5.97 Å². The van der Waals surface area contributed by atoms with Crippen LogP contribution < -0.4 is 5.32 Å². The Bertz CT molecular complexity index is 456. The smallest absolute Gasteiger partial charge is 0.338 e. The summed E-state index contributed by atoms with van der Waals surface area (Å²) in [6.45, 7) is 4.86. The van der Waals surface area contributed by atoms with Crippen molar-refractivity contribution in [1.29, 1.82) is 0 Å². The summed E-state index contributed by atoms with van der Waals surface area (Å²) in [5.41, 5.74) is 1.14. The van der Waals surface area contributed by atoms with Gasteiger partial charge in [0.2, 0.25) is 5.91 Å². The van der Waals surface area contributed by atoms with Crippen LogP contribution in [0, 0.1) is 5.92 Å². The van der Waals surface area contributed by atoms with Gasteiger partial charge in [0.1, 0.15) is 0 Å². The standard InChI is InChI=1S/C16H23NO4/c1-4-9-21-16(19)13-5-7-14(8-6-13)17-15(18)10-12(2)11-20-3/h5-8,12H,4,9-11H2,1-3H3,(H,17,18). The summed E-state index contributed by atoms with van der Waals surface area (Å²) in [4.78, 5) is 23.4. The Hall–Kier alpha value is -1.88. The number of nitrogens with one attached hydrogen (secondary N) is 1. The summed E-state index contributed by atoms with van der Waals surface area (Å²) in [6.07, 6.45) is 1.19. The van der Waals surface area contributed by atoms with Crippen molar-refractivity contribution in [3.8, 4) is 0 Å². The number of amides is 1. The third-order valence-electron chi connectivity index (χ3n) is 2.83. The van der Waals surface area contributed by atoms with Crippen LogP contribution in [0.2, 0.25) is 0 Å². The van der Waals surface area contributed by atoms with Gasteiger partial charge in [0.25, 0.3) is 0 Å². The normalized spacial score (nSPS) is 11.8. The Morgan fingerprint density at radius 2 is 1.90 bits per heavy atom. The van der Waals surface area contributed by atoms with Crippen molar-refractivity contribution in [2.45, 2.75) is 26.7 Å². The van der Waals surface area contributed by atoms with Crippen molar-refractivity contribution < 1.29 is 19.1 Å². The minimum atomic E-state index is -0.344. The van der Waals surface area contributed by atoms with Crippen molar-refractivity contribution in [2.24, 2.45) is 5.92 Å². The van der Waals surface area contributed by atoms with Crippen LogP contribution in [0.4, 0.5) is 5.69 Å². The summed E-state index contributed by atoms with van der Waals surface area (Å²) >= 11 is 0. The van der Waals surface area contributed by atoms with Crippen LogP contribution in [-0.4, -0.2) is 32.2 Å².